The van der Waals surface area contributed by atoms with Gasteiger partial charge < -0.3 is 10.1 Å². The zero-order chi connectivity index (χ0) is 21.1. The van der Waals surface area contributed by atoms with Crippen LogP contribution in [0.4, 0.5) is 5.82 Å². The van der Waals surface area contributed by atoms with Gasteiger partial charge in [-0.25, -0.2) is 28.2 Å². The molecule has 2 heterocycles. The summed E-state index contributed by atoms with van der Waals surface area (Å²) in [6, 6.07) is 14.1. The molecule has 0 aliphatic rings. The van der Waals surface area contributed by atoms with Crippen LogP contribution in [0.3, 0.4) is 0 Å². The highest BCUT2D eigenvalue weighted by atomic mass is 32.2. The standard InChI is InChI=1S/C20H20N6O3S/c1-29-16-6-4-15(5-7-16)26-20-18(12-25-26)19(23-13-24-20)22-11-10-14-2-8-17(9-3-14)30(21,27)28/h2-9,12-13H,10-11H2,1H3,(H2,21,27,28)(H,22,23,24). The minimum Gasteiger partial charge on any atom is -0.497 e. The smallest absolute Gasteiger partial charge is 0.238 e. The Morgan fingerprint density at radius 1 is 1.07 bits per heavy atom. The average molecular weight is 424 g/mol. The molecule has 0 atom stereocenters. The maximum Gasteiger partial charge on any atom is 0.238 e. The molecule has 10 heteroatoms. The molecule has 0 saturated carbocycles. The number of primary sulfonamides is 1. The molecule has 0 aliphatic carbocycles. The first-order valence-corrected chi connectivity index (χ1v) is 10.7. The van der Waals surface area contributed by atoms with Crippen LogP contribution in [0.5, 0.6) is 5.75 Å². The SMILES string of the molecule is COc1ccc(-n2ncc3c(NCCc4ccc(S(N)(=O)=O)cc4)ncnc32)cc1. The Kier molecular flexibility index (Phi) is 5.34. The number of rotatable bonds is 7. The van der Waals surface area contributed by atoms with E-state index in [1.165, 1.54) is 18.5 Å². The monoisotopic (exact) mass is 424 g/mol. The summed E-state index contributed by atoms with van der Waals surface area (Å²) in [5.74, 6) is 1.45. The van der Waals surface area contributed by atoms with Gasteiger partial charge in [-0.05, 0) is 48.4 Å². The lowest BCUT2D eigenvalue weighted by Crippen LogP contribution is -2.12. The summed E-state index contributed by atoms with van der Waals surface area (Å²) in [6.45, 7) is 0.606. The Morgan fingerprint density at radius 3 is 2.47 bits per heavy atom. The van der Waals surface area contributed by atoms with Crippen LogP contribution < -0.4 is 15.2 Å². The molecule has 0 aliphatic heterocycles. The first-order valence-electron chi connectivity index (χ1n) is 9.14. The van der Waals surface area contributed by atoms with E-state index in [9.17, 15) is 8.42 Å². The Labute approximate surface area is 173 Å². The topological polar surface area (TPSA) is 125 Å². The Balaban J connectivity index is 1.49. The predicted octanol–water partition coefficient (Wildman–Crippen LogP) is 2.13. The number of nitrogens with one attached hydrogen (secondary N) is 1. The molecule has 154 valence electrons. The van der Waals surface area contributed by atoms with Gasteiger partial charge in [0.25, 0.3) is 0 Å². The lowest BCUT2D eigenvalue weighted by atomic mass is 10.1. The highest BCUT2D eigenvalue weighted by Gasteiger charge is 2.11. The molecule has 0 saturated heterocycles. The number of sulfonamides is 1. The molecule has 4 aromatic rings. The zero-order valence-corrected chi connectivity index (χ0v) is 17.0. The van der Waals surface area contributed by atoms with Crippen LogP contribution in [0.1, 0.15) is 5.56 Å². The molecule has 0 bridgehead atoms. The molecule has 0 amide bonds. The minimum absolute atomic E-state index is 0.0997. The Morgan fingerprint density at radius 2 is 1.80 bits per heavy atom. The van der Waals surface area contributed by atoms with E-state index in [1.54, 1.807) is 30.1 Å². The number of nitrogens with two attached hydrogens (primary N) is 1. The summed E-state index contributed by atoms with van der Waals surface area (Å²) in [4.78, 5) is 8.80. The van der Waals surface area contributed by atoms with Gasteiger partial charge in [-0.3, -0.25) is 0 Å². The summed E-state index contributed by atoms with van der Waals surface area (Å²) in [5, 5.41) is 13.7. The van der Waals surface area contributed by atoms with Gasteiger partial charge in [0.05, 0.1) is 29.3 Å². The van der Waals surface area contributed by atoms with Crippen LogP contribution >= 0.6 is 0 Å². The molecule has 2 aromatic heterocycles. The van der Waals surface area contributed by atoms with Crippen LogP contribution in [-0.2, 0) is 16.4 Å². The number of anilines is 1. The van der Waals surface area contributed by atoms with Crippen molar-refractivity contribution in [3.63, 3.8) is 0 Å². The summed E-state index contributed by atoms with van der Waals surface area (Å²) >= 11 is 0. The molecule has 3 N–H and O–H groups in total. The second-order valence-corrected chi connectivity index (χ2v) is 8.14. The van der Waals surface area contributed by atoms with E-state index in [0.717, 1.165) is 22.4 Å². The predicted molar refractivity (Wildman–Crippen MR) is 113 cm³/mol. The fourth-order valence-corrected chi connectivity index (χ4v) is 3.58. The summed E-state index contributed by atoms with van der Waals surface area (Å²) < 4.78 is 29.6. The van der Waals surface area contributed by atoms with Crippen molar-refractivity contribution < 1.29 is 13.2 Å². The number of nitrogens with zero attached hydrogens (tertiary/aromatic N) is 4. The first-order chi connectivity index (χ1) is 14.5. The van der Waals surface area contributed by atoms with Crippen molar-refractivity contribution in [3.8, 4) is 11.4 Å². The number of ether oxygens (including phenoxy) is 1. The van der Waals surface area contributed by atoms with Gasteiger partial charge in [-0.2, -0.15) is 5.10 Å². The summed E-state index contributed by atoms with van der Waals surface area (Å²) in [5.41, 5.74) is 2.54. The largest absolute Gasteiger partial charge is 0.497 e. The van der Waals surface area contributed by atoms with Gasteiger partial charge in [0.15, 0.2) is 5.65 Å². The zero-order valence-electron chi connectivity index (χ0n) is 16.2. The van der Waals surface area contributed by atoms with Gasteiger partial charge in [-0.15, -0.1) is 0 Å². The summed E-state index contributed by atoms with van der Waals surface area (Å²) in [7, 11) is -2.06. The molecular formula is C20H20N6O3S. The third kappa shape index (κ3) is 4.09. The van der Waals surface area contributed by atoms with Crippen LogP contribution in [0.25, 0.3) is 16.7 Å². The molecule has 0 fully saturated rings. The van der Waals surface area contributed by atoms with Crippen molar-refractivity contribution in [1.82, 2.24) is 19.7 Å². The lowest BCUT2D eigenvalue weighted by Gasteiger charge is -2.08. The number of aromatic nitrogens is 4. The highest BCUT2D eigenvalue weighted by Crippen LogP contribution is 2.23. The maximum atomic E-state index is 11.3. The van der Waals surface area contributed by atoms with Crippen LogP contribution in [-0.4, -0.2) is 41.8 Å². The van der Waals surface area contributed by atoms with E-state index in [-0.39, 0.29) is 4.90 Å². The maximum absolute atomic E-state index is 11.3. The second-order valence-electron chi connectivity index (χ2n) is 6.58. The average Bonchev–Trinajstić information content (AvgIpc) is 3.18. The highest BCUT2D eigenvalue weighted by molar-refractivity contribution is 7.89. The molecule has 0 unspecified atom stereocenters. The molecule has 0 radical (unpaired) electrons. The van der Waals surface area contributed by atoms with E-state index in [4.69, 9.17) is 9.88 Å². The van der Waals surface area contributed by atoms with Gasteiger partial charge in [0.1, 0.15) is 17.9 Å². The van der Waals surface area contributed by atoms with E-state index in [0.29, 0.717) is 24.4 Å². The third-order valence-electron chi connectivity index (χ3n) is 4.64. The van der Waals surface area contributed by atoms with Crippen LogP contribution in [0.2, 0.25) is 0 Å². The summed E-state index contributed by atoms with van der Waals surface area (Å²) in [6.07, 6.45) is 3.90. The van der Waals surface area contributed by atoms with Gasteiger partial charge in [-0.1, -0.05) is 12.1 Å². The quantitative estimate of drug-likeness (QED) is 0.465. The fourth-order valence-electron chi connectivity index (χ4n) is 3.07. The number of methoxy groups -OCH3 is 1. The Bertz CT molecular complexity index is 1270. The molecule has 0 spiro atoms. The molecule has 4 rings (SSSR count). The fraction of sp³-hybridized carbons (Fsp3) is 0.150. The first kappa shape index (κ1) is 19.8. The van der Waals surface area contributed by atoms with E-state index < -0.39 is 10.0 Å². The number of fused-ring (bicyclic) bond motifs is 1. The normalized spacial score (nSPS) is 11.5. The minimum atomic E-state index is -3.68. The van der Waals surface area contributed by atoms with Crippen molar-refractivity contribution in [1.29, 1.82) is 0 Å². The van der Waals surface area contributed by atoms with Crippen molar-refractivity contribution in [2.45, 2.75) is 11.3 Å². The van der Waals surface area contributed by atoms with E-state index in [2.05, 4.69) is 20.4 Å². The molecule has 30 heavy (non-hydrogen) atoms. The van der Waals surface area contributed by atoms with Crippen molar-refractivity contribution in [2.24, 2.45) is 5.14 Å². The third-order valence-corrected chi connectivity index (χ3v) is 5.57. The van der Waals surface area contributed by atoms with E-state index >= 15 is 0 Å². The number of benzene rings is 2. The van der Waals surface area contributed by atoms with Crippen LogP contribution in [0, 0.1) is 0 Å². The van der Waals surface area contributed by atoms with Crippen molar-refractivity contribution in [2.75, 3.05) is 19.0 Å². The lowest BCUT2D eigenvalue weighted by molar-refractivity contribution is 0.414. The molecule has 2 aromatic carbocycles. The van der Waals surface area contributed by atoms with Gasteiger partial charge in [0, 0.05) is 6.54 Å². The van der Waals surface area contributed by atoms with Gasteiger partial charge in [0.2, 0.25) is 10.0 Å². The second kappa shape index (κ2) is 8.09. The van der Waals surface area contributed by atoms with Crippen LogP contribution in [0.15, 0.2) is 66.0 Å². The number of hydrogen-bond donors (Lipinski definition) is 2. The van der Waals surface area contributed by atoms with E-state index in [1.807, 2.05) is 24.3 Å². The van der Waals surface area contributed by atoms with Crippen molar-refractivity contribution in [3.05, 3.63) is 66.6 Å². The Hall–Kier alpha value is -3.50. The molecular weight excluding hydrogens is 404 g/mol. The molecule has 9 nitrogen and oxygen atoms in total. The van der Waals surface area contributed by atoms with Gasteiger partial charge >= 0.3 is 0 Å². The number of hydrogen-bond acceptors (Lipinski definition) is 7. The van der Waals surface area contributed by atoms with Crippen molar-refractivity contribution >= 4 is 26.9 Å².